The van der Waals surface area contributed by atoms with Gasteiger partial charge in [-0.1, -0.05) is 0 Å². The van der Waals surface area contributed by atoms with Crippen LogP contribution in [0.3, 0.4) is 0 Å². The topological polar surface area (TPSA) is 47.0 Å². The molecule has 1 heterocycles. The molecule has 96 valence electrons. The smallest absolute Gasteiger partial charge is 0.221 e. The maximum absolute atomic E-state index is 5.70. The normalized spacial score (nSPS) is 11.9. The van der Waals surface area contributed by atoms with E-state index in [1.54, 1.807) is 0 Å². The van der Waals surface area contributed by atoms with Crippen LogP contribution in [-0.4, -0.2) is 21.6 Å². The Kier molecular flexibility index (Phi) is 4.46. The van der Waals surface area contributed by atoms with E-state index in [9.17, 15) is 0 Å². The molecule has 1 aromatic rings. The first-order valence-electron chi connectivity index (χ1n) is 6.02. The SMILES string of the molecule is Cc1ncc(CNC(C)(C)C)c(OC(C)C)n1. The third-order valence-corrected chi connectivity index (χ3v) is 2.10. The fourth-order valence-corrected chi connectivity index (χ4v) is 1.28. The predicted octanol–water partition coefficient (Wildman–Crippen LogP) is 2.46. The van der Waals surface area contributed by atoms with Crippen molar-refractivity contribution in [2.24, 2.45) is 0 Å². The van der Waals surface area contributed by atoms with E-state index in [4.69, 9.17) is 4.74 Å². The second-order valence-electron chi connectivity index (χ2n) is 5.52. The van der Waals surface area contributed by atoms with E-state index in [-0.39, 0.29) is 11.6 Å². The highest BCUT2D eigenvalue weighted by Crippen LogP contribution is 2.17. The number of hydrogen-bond acceptors (Lipinski definition) is 4. The van der Waals surface area contributed by atoms with E-state index in [1.807, 2.05) is 27.0 Å². The molecule has 1 N–H and O–H groups in total. The molecule has 0 bridgehead atoms. The van der Waals surface area contributed by atoms with Crippen LogP contribution in [0.4, 0.5) is 0 Å². The summed E-state index contributed by atoms with van der Waals surface area (Å²) >= 11 is 0. The Hall–Kier alpha value is -1.16. The summed E-state index contributed by atoms with van der Waals surface area (Å²) in [5.41, 5.74) is 1.07. The molecule has 4 nitrogen and oxygen atoms in total. The van der Waals surface area contributed by atoms with Crippen molar-refractivity contribution in [3.63, 3.8) is 0 Å². The molecule has 0 spiro atoms. The van der Waals surface area contributed by atoms with E-state index in [2.05, 4.69) is 36.1 Å². The summed E-state index contributed by atoms with van der Waals surface area (Å²) in [5.74, 6) is 1.42. The Labute approximate surface area is 104 Å². The van der Waals surface area contributed by atoms with Crippen molar-refractivity contribution in [2.75, 3.05) is 0 Å². The minimum atomic E-state index is 0.0694. The predicted molar refractivity (Wildman–Crippen MR) is 69.1 cm³/mol. The Morgan fingerprint density at radius 1 is 1.35 bits per heavy atom. The largest absolute Gasteiger partial charge is 0.475 e. The van der Waals surface area contributed by atoms with Gasteiger partial charge in [0.25, 0.3) is 0 Å². The van der Waals surface area contributed by atoms with Crippen molar-refractivity contribution in [2.45, 2.75) is 59.7 Å². The minimum absolute atomic E-state index is 0.0694. The van der Waals surface area contributed by atoms with Gasteiger partial charge in [-0.25, -0.2) is 4.98 Å². The Bertz CT molecular complexity index is 369. The van der Waals surface area contributed by atoms with E-state index in [0.29, 0.717) is 12.4 Å². The Morgan fingerprint density at radius 2 is 2.00 bits per heavy atom. The van der Waals surface area contributed by atoms with Gasteiger partial charge in [-0.05, 0) is 41.5 Å². The number of hydrogen-bond donors (Lipinski definition) is 1. The number of rotatable bonds is 4. The lowest BCUT2D eigenvalue weighted by Crippen LogP contribution is -2.35. The van der Waals surface area contributed by atoms with E-state index in [0.717, 1.165) is 11.4 Å². The number of ether oxygens (including phenoxy) is 1. The molecule has 0 amide bonds. The average Bonchev–Trinajstić information content (AvgIpc) is 2.14. The highest BCUT2D eigenvalue weighted by atomic mass is 16.5. The highest BCUT2D eigenvalue weighted by Gasteiger charge is 2.13. The lowest BCUT2D eigenvalue weighted by atomic mass is 10.1. The van der Waals surface area contributed by atoms with Crippen LogP contribution < -0.4 is 10.1 Å². The molecule has 0 fully saturated rings. The van der Waals surface area contributed by atoms with Gasteiger partial charge in [-0.15, -0.1) is 0 Å². The molecular formula is C13H23N3O. The van der Waals surface area contributed by atoms with Crippen LogP contribution in [0.2, 0.25) is 0 Å². The fraction of sp³-hybridized carbons (Fsp3) is 0.692. The standard InChI is InChI=1S/C13H23N3O/c1-9(2)17-12-11(7-14-10(3)16-12)8-15-13(4,5)6/h7,9,15H,8H2,1-6H3. The van der Waals surface area contributed by atoms with Crippen LogP contribution in [0.25, 0.3) is 0 Å². The average molecular weight is 237 g/mol. The summed E-state index contributed by atoms with van der Waals surface area (Å²) in [5, 5.41) is 3.41. The Balaban J connectivity index is 2.82. The molecule has 0 radical (unpaired) electrons. The molecule has 4 heteroatoms. The second-order valence-corrected chi connectivity index (χ2v) is 5.52. The van der Waals surface area contributed by atoms with Gasteiger partial charge in [0.2, 0.25) is 5.88 Å². The summed E-state index contributed by atoms with van der Waals surface area (Å²) in [7, 11) is 0. The Morgan fingerprint density at radius 3 is 2.53 bits per heavy atom. The molecule has 0 aliphatic carbocycles. The van der Waals surface area contributed by atoms with Crippen LogP contribution in [0.5, 0.6) is 5.88 Å². The van der Waals surface area contributed by atoms with Gasteiger partial charge in [0.1, 0.15) is 5.82 Å². The van der Waals surface area contributed by atoms with Gasteiger partial charge in [0.15, 0.2) is 0 Å². The first kappa shape index (κ1) is 13.9. The molecule has 0 saturated heterocycles. The monoisotopic (exact) mass is 237 g/mol. The summed E-state index contributed by atoms with van der Waals surface area (Å²) < 4.78 is 5.70. The second kappa shape index (κ2) is 5.45. The molecule has 0 aliphatic heterocycles. The molecule has 1 rings (SSSR count). The zero-order valence-corrected chi connectivity index (χ0v) is 11.7. The lowest BCUT2D eigenvalue weighted by Gasteiger charge is -2.21. The van der Waals surface area contributed by atoms with Gasteiger partial charge < -0.3 is 10.1 Å². The van der Waals surface area contributed by atoms with Gasteiger partial charge in [0.05, 0.1) is 6.10 Å². The highest BCUT2D eigenvalue weighted by molar-refractivity contribution is 5.24. The quantitative estimate of drug-likeness (QED) is 0.874. The van der Waals surface area contributed by atoms with Crippen molar-refractivity contribution in [3.8, 4) is 5.88 Å². The number of aryl methyl sites for hydroxylation is 1. The van der Waals surface area contributed by atoms with Gasteiger partial charge in [-0.2, -0.15) is 4.98 Å². The van der Waals surface area contributed by atoms with Crippen molar-refractivity contribution < 1.29 is 4.74 Å². The maximum Gasteiger partial charge on any atom is 0.221 e. The van der Waals surface area contributed by atoms with E-state index in [1.165, 1.54) is 0 Å². The van der Waals surface area contributed by atoms with Crippen LogP contribution in [0, 0.1) is 6.92 Å². The van der Waals surface area contributed by atoms with Crippen LogP contribution >= 0.6 is 0 Å². The zero-order valence-electron chi connectivity index (χ0n) is 11.7. The molecule has 0 aromatic carbocycles. The van der Waals surface area contributed by atoms with Crippen molar-refractivity contribution in [1.82, 2.24) is 15.3 Å². The van der Waals surface area contributed by atoms with Gasteiger partial charge in [0, 0.05) is 23.8 Å². The first-order chi connectivity index (χ1) is 7.78. The third-order valence-electron chi connectivity index (χ3n) is 2.10. The molecule has 0 unspecified atom stereocenters. The van der Waals surface area contributed by atoms with Crippen LogP contribution in [0.15, 0.2) is 6.20 Å². The molecule has 17 heavy (non-hydrogen) atoms. The summed E-state index contributed by atoms with van der Waals surface area (Å²) in [6, 6.07) is 0. The zero-order chi connectivity index (χ0) is 13.1. The molecule has 0 atom stereocenters. The maximum atomic E-state index is 5.70. The molecule has 0 saturated carbocycles. The summed E-state index contributed by atoms with van der Waals surface area (Å²) in [6.45, 7) is 13.0. The molecular weight excluding hydrogens is 214 g/mol. The van der Waals surface area contributed by atoms with Gasteiger partial charge in [-0.3, -0.25) is 0 Å². The van der Waals surface area contributed by atoms with Crippen LogP contribution in [0.1, 0.15) is 46.0 Å². The number of aromatic nitrogens is 2. The van der Waals surface area contributed by atoms with Crippen molar-refractivity contribution in [1.29, 1.82) is 0 Å². The lowest BCUT2D eigenvalue weighted by molar-refractivity contribution is 0.227. The van der Waals surface area contributed by atoms with Crippen molar-refractivity contribution in [3.05, 3.63) is 17.6 Å². The fourth-order valence-electron chi connectivity index (χ4n) is 1.28. The van der Waals surface area contributed by atoms with Crippen LogP contribution in [-0.2, 0) is 6.54 Å². The summed E-state index contributed by atoms with van der Waals surface area (Å²) in [6.07, 6.45) is 1.95. The van der Waals surface area contributed by atoms with Gasteiger partial charge >= 0.3 is 0 Å². The molecule has 0 aliphatic rings. The first-order valence-corrected chi connectivity index (χ1v) is 6.02. The molecule has 1 aromatic heterocycles. The minimum Gasteiger partial charge on any atom is -0.475 e. The third kappa shape index (κ3) is 5.13. The van der Waals surface area contributed by atoms with E-state index < -0.39 is 0 Å². The number of nitrogens with zero attached hydrogens (tertiary/aromatic N) is 2. The summed E-state index contributed by atoms with van der Waals surface area (Å²) in [4.78, 5) is 8.56. The number of nitrogens with one attached hydrogen (secondary N) is 1. The van der Waals surface area contributed by atoms with E-state index >= 15 is 0 Å². The van der Waals surface area contributed by atoms with Crippen molar-refractivity contribution >= 4 is 0 Å².